The average molecular weight is 216 g/mol. The number of thiol groups is 1. The van der Waals surface area contributed by atoms with Crippen LogP contribution in [0.4, 0.5) is 0 Å². The second-order valence-corrected chi connectivity index (χ2v) is 5.94. The van der Waals surface area contributed by atoms with E-state index in [-0.39, 0.29) is 5.60 Å². The van der Waals surface area contributed by atoms with Gasteiger partial charge in [0.1, 0.15) is 0 Å². The Balaban J connectivity index is 2.44. The van der Waals surface area contributed by atoms with Gasteiger partial charge in [-0.05, 0) is 39.4 Å². The van der Waals surface area contributed by atoms with Crippen molar-refractivity contribution in [3.63, 3.8) is 0 Å². The topological polar surface area (TPSA) is 9.23 Å². The summed E-state index contributed by atoms with van der Waals surface area (Å²) in [4.78, 5) is 0. The third kappa shape index (κ3) is 3.82. The normalized spacial score (nSPS) is 22.3. The van der Waals surface area contributed by atoms with Crippen molar-refractivity contribution in [2.24, 2.45) is 5.41 Å². The summed E-state index contributed by atoms with van der Waals surface area (Å²) in [6.07, 6.45) is 6.70. The molecule has 2 heteroatoms. The minimum absolute atomic E-state index is 0.00655. The van der Waals surface area contributed by atoms with Crippen LogP contribution in [0.1, 0.15) is 52.9 Å². The van der Waals surface area contributed by atoms with Crippen LogP contribution in [0.5, 0.6) is 0 Å². The highest BCUT2D eigenvalue weighted by atomic mass is 32.1. The van der Waals surface area contributed by atoms with Gasteiger partial charge >= 0.3 is 0 Å². The van der Waals surface area contributed by atoms with Crippen molar-refractivity contribution in [1.82, 2.24) is 0 Å². The summed E-state index contributed by atoms with van der Waals surface area (Å²) in [7, 11) is 0. The molecule has 0 N–H and O–H groups in total. The fraction of sp³-hybridized carbons (Fsp3) is 1.00. The molecule has 1 fully saturated rings. The summed E-state index contributed by atoms with van der Waals surface area (Å²) < 4.78 is 5.91. The molecule has 1 saturated carbocycles. The van der Waals surface area contributed by atoms with E-state index in [0.717, 1.165) is 12.4 Å². The fourth-order valence-corrected chi connectivity index (χ4v) is 2.43. The zero-order valence-corrected chi connectivity index (χ0v) is 10.7. The van der Waals surface area contributed by atoms with Crippen LogP contribution in [-0.4, -0.2) is 18.0 Å². The Morgan fingerprint density at radius 2 is 1.71 bits per heavy atom. The first-order chi connectivity index (χ1) is 6.47. The molecule has 0 aromatic heterocycles. The molecule has 1 aliphatic rings. The molecule has 1 nitrogen and oxygen atoms in total. The lowest BCUT2D eigenvalue weighted by Gasteiger charge is -2.38. The quantitative estimate of drug-likeness (QED) is 0.708. The summed E-state index contributed by atoms with van der Waals surface area (Å²) in [5, 5.41) is 0. The van der Waals surface area contributed by atoms with Crippen molar-refractivity contribution in [3.05, 3.63) is 0 Å². The molecule has 0 saturated heterocycles. The smallest absolute Gasteiger partial charge is 0.0598 e. The van der Waals surface area contributed by atoms with E-state index in [1.54, 1.807) is 0 Å². The van der Waals surface area contributed by atoms with E-state index in [2.05, 4.69) is 33.4 Å². The molecule has 0 amide bonds. The first-order valence-electron chi connectivity index (χ1n) is 5.72. The summed E-state index contributed by atoms with van der Waals surface area (Å²) >= 11 is 4.50. The van der Waals surface area contributed by atoms with Gasteiger partial charge in [0, 0.05) is 5.41 Å². The van der Waals surface area contributed by atoms with Crippen molar-refractivity contribution in [2.45, 2.75) is 58.5 Å². The molecule has 0 atom stereocenters. The van der Waals surface area contributed by atoms with E-state index in [0.29, 0.717) is 5.41 Å². The van der Waals surface area contributed by atoms with E-state index >= 15 is 0 Å². The highest BCUT2D eigenvalue weighted by molar-refractivity contribution is 7.80. The molecule has 0 aliphatic heterocycles. The first-order valence-corrected chi connectivity index (χ1v) is 6.36. The van der Waals surface area contributed by atoms with Crippen LogP contribution in [0.15, 0.2) is 0 Å². The molecule has 0 bridgehead atoms. The van der Waals surface area contributed by atoms with Crippen LogP contribution < -0.4 is 0 Å². The van der Waals surface area contributed by atoms with Crippen molar-refractivity contribution >= 4 is 12.6 Å². The van der Waals surface area contributed by atoms with Crippen molar-refractivity contribution < 1.29 is 4.74 Å². The van der Waals surface area contributed by atoms with Crippen LogP contribution in [0, 0.1) is 5.41 Å². The van der Waals surface area contributed by atoms with Gasteiger partial charge in [-0.2, -0.15) is 12.6 Å². The molecular weight excluding hydrogens is 192 g/mol. The van der Waals surface area contributed by atoms with E-state index in [9.17, 15) is 0 Å². The molecule has 14 heavy (non-hydrogen) atoms. The van der Waals surface area contributed by atoms with Crippen LogP contribution >= 0.6 is 12.6 Å². The summed E-state index contributed by atoms with van der Waals surface area (Å²) in [6, 6.07) is 0. The number of ether oxygens (including phenoxy) is 1. The monoisotopic (exact) mass is 216 g/mol. The fourth-order valence-electron chi connectivity index (χ4n) is 2.02. The molecule has 0 radical (unpaired) electrons. The van der Waals surface area contributed by atoms with Gasteiger partial charge < -0.3 is 4.74 Å². The third-order valence-corrected chi connectivity index (χ3v) is 3.73. The standard InChI is InChI=1S/C12H24OS/c1-11(2,3)13-9-12(10-14)7-5-4-6-8-12/h14H,4-10H2,1-3H3. The van der Waals surface area contributed by atoms with Crippen molar-refractivity contribution in [2.75, 3.05) is 12.4 Å². The highest BCUT2D eigenvalue weighted by Gasteiger charge is 2.32. The molecule has 0 aromatic carbocycles. The van der Waals surface area contributed by atoms with Gasteiger partial charge in [-0.25, -0.2) is 0 Å². The third-order valence-electron chi connectivity index (χ3n) is 3.06. The Hall–Kier alpha value is 0.310. The van der Waals surface area contributed by atoms with E-state index in [4.69, 9.17) is 4.74 Å². The first kappa shape index (κ1) is 12.4. The Kier molecular flexibility index (Phi) is 4.32. The van der Waals surface area contributed by atoms with Crippen molar-refractivity contribution in [1.29, 1.82) is 0 Å². The zero-order chi connectivity index (χ0) is 10.7. The summed E-state index contributed by atoms with van der Waals surface area (Å²) in [5.74, 6) is 0.975. The van der Waals surface area contributed by atoms with Gasteiger partial charge in [0.2, 0.25) is 0 Å². The molecule has 1 rings (SSSR count). The largest absolute Gasteiger partial charge is 0.375 e. The van der Waals surface area contributed by atoms with E-state index in [1.807, 2.05) is 0 Å². The van der Waals surface area contributed by atoms with Gasteiger partial charge in [-0.3, -0.25) is 0 Å². The van der Waals surface area contributed by atoms with Crippen molar-refractivity contribution in [3.8, 4) is 0 Å². The predicted octanol–water partition coefficient (Wildman–Crippen LogP) is 3.68. The molecular formula is C12H24OS. The molecule has 1 aliphatic carbocycles. The molecule has 0 heterocycles. The SMILES string of the molecule is CC(C)(C)OCC1(CS)CCCCC1. The second kappa shape index (κ2) is 4.89. The second-order valence-electron chi connectivity index (χ2n) is 5.62. The van der Waals surface area contributed by atoms with Gasteiger partial charge in [0.15, 0.2) is 0 Å². The van der Waals surface area contributed by atoms with Gasteiger partial charge in [-0.15, -0.1) is 0 Å². The summed E-state index contributed by atoms with van der Waals surface area (Å²) in [5.41, 5.74) is 0.363. The maximum Gasteiger partial charge on any atom is 0.0598 e. The molecule has 0 aromatic rings. The van der Waals surface area contributed by atoms with E-state index < -0.39 is 0 Å². The lowest BCUT2D eigenvalue weighted by Crippen LogP contribution is -2.35. The zero-order valence-electron chi connectivity index (χ0n) is 9.81. The van der Waals surface area contributed by atoms with Crippen LogP contribution in [0.3, 0.4) is 0 Å². The number of hydrogen-bond acceptors (Lipinski definition) is 2. The Labute approximate surface area is 94.0 Å². The highest BCUT2D eigenvalue weighted by Crippen LogP contribution is 2.38. The van der Waals surface area contributed by atoms with Crippen LogP contribution in [0.25, 0.3) is 0 Å². The number of rotatable bonds is 3. The lowest BCUT2D eigenvalue weighted by atomic mass is 9.76. The minimum atomic E-state index is -0.00655. The molecule has 84 valence electrons. The van der Waals surface area contributed by atoms with Gasteiger partial charge in [0.05, 0.1) is 12.2 Å². The van der Waals surface area contributed by atoms with Crippen LogP contribution in [0.2, 0.25) is 0 Å². The maximum absolute atomic E-state index is 5.91. The van der Waals surface area contributed by atoms with E-state index in [1.165, 1.54) is 32.1 Å². The molecule has 0 unspecified atom stereocenters. The Morgan fingerprint density at radius 1 is 1.14 bits per heavy atom. The minimum Gasteiger partial charge on any atom is -0.375 e. The molecule has 0 spiro atoms. The predicted molar refractivity (Wildman–Crippen MR) is 65.1 cm³/mol. The Bertz CT molecular complexity index is 166. The Morgan fingerprint density at radius 3 is 2.14 bits per heavy atom. The number of hydrogen-bond donors (Lipinski definition) is 1. The maximum atomic E-state index is 5.91. The lowest BCUT2D eigenvalue weighted by molar-refractivity contribution is -0.0555. The van der Waals surface area contributed by atoms with Gasteiger partial charge in [-0.1, -0.05) is 19.3 Å². The average Bonchev–Trinajstić information content (AvgIpc) is 2.15. The summed E-state index contributed by atoms with van der Waals surface area (Å²) in [6.45, 7) is 7.27. The van der Waals surface area contributed by atoms with Crippen LogP contribution in [-0.2, 0) is 4.74 Å². The van der Waals surface area contributed by atoms with Gasteiger partial charge in [0.25, 0.3) is 0 Å².